The molecule has 5 heteroatoms. The van der Waals surface area contributed by atoms with E-state index in [2.05, 4.69) is 5.32 Å². The van der Waals surface area contributed by atoms with Crippen molar-refractivity contribution in [2.75, 3.05) is 5.32 Å². The van der Waals surface area contributed by atoms with Gasteiger partial charge in [0.2, 0.25) is 5.91 Å². The minimum atomic E-state index is -0.988. The zero-order chi connectivity index (χ0) is 15.9. The predicted molar refractivity (Wildman–Crippen MR) is 86.0 cm³/mol. The van der Waals surface area contributed by atoms with E-state index in [4.69, 9.17) is 11.6 Å². The minimum absolute atomic E-state index is 0.0765. The molecule has 4 nitrogen and oxygen atoms in total. The van der Waals surface area contributed by atoms with E-state index < -0.39 is 11.9 Å². The maximum absolute atomic E-state index is 12.0. The summed E-state index contributed by atoms with van der Waals surface area (Å²) in [6, 6.07) is 15.9. The van der Waals surface area contributed by atoms with Crippen LogP contribution in [0.2, 0.25) is 5.02 Å². The van der Waals surface area contributed by atoms with Gasteiger partial charge in [-0.05, 0) is 36.2 Å². The molecule has 0 saturated carbocycles. The number of anilines is 1. The molecular weight excluding hydrogens is 302 g/mol. The third kappa shape index (κ3) is 4.90. The summed E-state index contributed by atoms with van der Waals surface area (Å²) < 4.78 is 0. The molecule has 0 fully saturated rings. The van der Waals surface area contributed by atoms with Crippen molar-refractivity contribution in [2.45, 2.75) is 12.8 Å². The first-order chi connectivity index (χ1) is 10.5. The van der Waals surface area contributed by atoms with E-state index in [1.807, 2.05) is 6.07 Å². The van der Waals surface area contributed by atoms with Crippen LogP contribution in [0, 0.1) is 5.92 Å². The molecule has 2 aromatic carbocycles. The number of nitrogens with one attached hydrogen (secondary N) is 1. The van der Waals surface area contributed by atoms with Crippen LogP contribution in [0.1, 0.15) is 12.0 Å². The smallest absolute Gasteiger partial charge is 0.307 e. The Bertz CT molecular complexity index is 641. The quantitative estimate of drug-likeness (QED) is 0.855. The van der Waals surface area contributed by atoms with E-state index in [0.29, 0.717) is 10.7 Å². The first-order valence-electron chi connectivity index (χ1n) is 6.87. The molecule has 0 aliphatic heterocycles. The molecule has 0 aliphatic rings. The van der Waals surface area contributed by atoms with Crippen molar-refractivity contribution in [3.05, 3.63) is 65.2 Å². The molecule has 0 aromatic heterocycles. The molecule has 0 aliphatic carbocycles. The van der Waals surface area contributed by atoms with E-state index in [0.717, 1.165) is 5.56 Å². The number of rotatable bonds is 6. The zero-order valence-electron chi connectivity index (χ0n) is 11.8. The normalized spacial score (nSPS) is 11.7. The van der Waals surface area contributed by atoms with Gasteiger partial charge < -0.3 is 10.4 Å². The molecular formula is C17H16ClNO3. The number of carboxylic acids is 1. The van der Waals surface area contributed by atoms with Gasteiger partial charge in [0, 0.05) is 17.1 Å². The van der Waals surface area contributed by atoms with Gasteiger partial charge in [-0.3, -0.25) is 9.59 Å². The Morgan fingerprint density at radius 3 is 2.27 bits per heavy atom. The lowest BCUT2D eigenvalue weighted by Crippen LogP contribution is -2.24. The third-order valence-corrected chi connectivity index (χ3v) is 3.49. The van der Waals surface area contributed by atoms with Crippen molar-refractivity contribution in [1.82, 2.24) is 0 Å². The number of halogens is 1. The second-order valence-electron chi connectivity index (χ2n) is 4.98. The Morgan fingerprint density at radius 2 is 1.68 bits per heavy atom. The predicted octanol–water partition coefficient (Wildman–Crippen LogP) is 3.61. The summed E-state index contributed by atoms with van der Waals surface area (Å²) in [6.07, 6.45) is 0.210. The van der Waals surface area contributed by atoms with Gasteiger partial charge in [-0.2, -0.15) is 0 Å². The van der Waals surface area contributed by atoms with Crippen LogP contribution < -0.4 is 5.32 Å². The van der Waals surface area contributed by atoms with Crippen LogP contribution in [0.5, 0.6) is 0 Å². The van der Waals surface area contributed by atoms with E-state index in [1.54, 1.807) is 48.5 Å². The van der Waals surface area contributed by atoms with Crippen molar-refractivity contribution in [3.8, 4) is 0 Å². The second-order valence-corrected chi connectivity index (χ2v) is 5.42. The maximum atomic E-state index is 12.0. The van der Waals surface area contributed by atoms with Crippen LogP contribution >= 0.6 is 11.6 Å². The fourth-order valence-corrected chi connectivity index (χ4v) is 2.24. The highest BCUT2D eigenvalue weighted by Crippen LogP contribution is 2.17. The summed E-state index contributed by atoms with van der Waals surface area (Å²) in [7, 11) is 0. The van der Waals surface area contributed by atoms with Crippen molar-refractivity contribution >= 4 is 29.2 Å². The molecule has 0 bridgehead atoms. The van der Waals surface area contributed by atoms with Gasteiger partial charge in [0.25, 0.3) is 0 Å². The number of aliphatic carboxylic acids is 1. The monoisotopic (exact) mass is 317 g/mol. The number of benzene rings is 2. The SMILES string of the molecule is O=C(CC(Cc1ccc(Cl)cc1)C(=O)O)Nc1ccccc1. The standard InChI is InChI=1S/C17H16ClNO3/c18-14-8-6-12(7-9-14)10-13(17(21)22)11-16(20)19-15-4-2-1-3-5-15/h1-9,13H,10-11H2,(H,19,20)(H,21,22). The summed E-state index contributed by atoms with van der Waals surface area (Å²) in [5.74, 6) is -2.07. The van der Waals surface area contributed by atoms with Gasteiger partial charge in [-0.1, -0.05) is 41.9 Å². The Labute approximate surface area is 133 Å². The molecule has 2 N–H and O–H groups in total. The molecule has 0 spiro atoms. The van der Waals surface area contributed by atoms with Crippen LogP contribution in [-0.2, 0) is 16.0 Å². The van der Waals surface area contributed by atoms with Crippen LogP contribution in [-0.4, -0.2) is 17.0 Å². The van der Waals surface area contributed by atoms with Gasteiger partial charge in [0.15, 0.2) is 0 Å². The van der Waals surface area contributed by atoms with E-state index >= 15 is 0 Å². The molecule has 0 heterocycles. The molecule has 0 saturated heterocycles. The van der Waals surface area contributed by atoms with Gasteiger partial charge >= 0.3 is 5.97 Å². The van der Waals surface area contributed by atoms with Crippen LogP contribution in [0.4, 0.5) is 5.69 Å². The highest BCUT2D eigenvalue weighted by atomic mass is 35.5. The van der Waals surface area contributed by atoms with Crippen LogP contribution in [0.3, 0.4) is 0 Å². The topological polar surface area (TPSA) is 66.4 Å². The van der Waals surface area contributed by atoms with Gasteiger partial charge in [0.1, 0.15) is 0 Å². The van der Waals surface area contributed by atoms with Crippen molar-refractivity contribution in [3.63, 3.8) is 0 Å². The fraction of sp³-hybridized carbons (Fsp3) is 0.176. The van der Waals surface area contributed by atoms with E-state index in [9.17, 15) is 14.7 Å². The summed E-state index contributed by atoms with van der Waals surface area (Å²) in [6.45, 7) is 0. The third-order valence-electron chi connectivity index (χ3n) is 3.23. The zero-order valence-corrected chi connectivity index (χ0v) is 12.6. The number of para-hydroxylation sites is 1. The first-order valence-corrected chi connectivity index (χ1v) is 7.24. The van der Waals surface area contributed by atoms with E-state index in [1.165, 1.54) is 0 Å². The number of carbonyl (C=O) groups is 2. The van der Waals surface area contributed by atoms with Crippen molar-refractivity contribution < 1.29 is 14.7 Å². The Kier molecular flexibility index (Phi) is 5.55. The average Bonchev–Trinajstić information content (AvgIpc) is 2.49. The number of carboxylic acid groups (broad SMARTS) is 1. The second kappa shape index (κ2) is 7.61. The maximum Gasteiger partial charge on any atom is 0.307 e. The summed E-state index contributed by atoms with van der Waals surface area (Å²) in [4.78, 5) is 23.3. The van der Waals surface area contributed by atoms with Gasteiger partial charge in [-0.15, -0.1) is 0 Å². The van der Waals surface area contributed by atoms with Crippen LogP contribution in [0.25, 0.3) is 0 Å². The summed E-state index contributed by atoms with van der Waals surface area (Å²) in [5, 5.41) is 12.6. The molecule has 1 unspecified atom stereocenters. The Hall–Kier alpha value is -2.33. The number of carbonyl (C=O) groups excluding carboxylic acids is 1. The molecule has 114 valence electrons. The van der Waals surface area contributed by atoms with Gasteiger partial charge in [-0.25, -0.2) is 0 Å². The average molecular weight is 318 g/mol. The molecule has 1 amide bonds. The molecule has 0 radical (unpaired) electrons. The summed E-state index contributed by atoms with van der Waals surface area (Å²) in [5.41, 5.74) is 1.49. The number of hydrogen-bond donors (Lipinski definition) is 2. The lowest BCUT2D eigenvalue weighted by atomic mass is 9.96. The van der Waals surface area contributed by atoms with Crippen LogP contribution in [0.15, 0.2) is 54.6 Å². The summed E-state index contributed by atoms with van der Waals surface area (Å²) >= 11 is 5.80. The molecule has 2 aromatic rings. The van der Waals surface area contributed by atoms with Crippen molar-refractivity contribution in [2.24, 2.45) is 5.92 Å². The van der Waals surface area contributed by atoms with E-state index in [-0.39, 0.29) is 18.7 Å². The Balaban J connectivity index is 1.98. The molecule has 22 heavy (non-hydrogen) atoms. The lowest BCUT2D eigenvalue weighted by Gasteiger charge is -2.12. The highest BCUT2D eigenvalue weighted by molar-refractivity contribution is 6.30. The van der Waals surface area contributed by atoms with Crippen molar-refractivity contribution in [1.29, 1.82) is 0 Å². The minimum Gasteiger partial charge on any atom is -0.481 e. The highest BCUT2D eigenvalue weighted by Gasteiger charge is 2.21. The number of hydrogen-bond acceptors (Lipinski definition) is 2. The largest absolute Gasteiger partial charge is 0.481 e. The number of amides is 1. The fourth-order valence-electron chi connectivity index (χ4n) is 2.11. The molecule has 1 atom stereocenters. The lowest BCUT2D eigenvalue weighted by molar-refractivity contribution is -0.143. The van der Waals surface area contributed by atoms with Gasteiger partial charge in [0.05, 0.1) is 5.92 Å². The Morgan fingerprint density at radius 1 is 1.05 bits per heavy atom. The molecule has 2 rings (SSSR count). The first kappa shape index (κ1) is 16.0.